The predicted molar refractivity (Wildman–Crippen MR) is 149 cm³/mol. The van der Waals surface area contributed by atoms with E-state index in [0.29, 0.717) is 0 Å². The lowest BCUT2D eigenvalue weighted by molar-refractivity contribution is -0.140. The van der Waals surface area contributed by atoms with E-state index in [0.717, 1.165) is 38.8 Å². The lowest BCUT2D eigenvalue weighted by Gasteiger charge is -2.41. The van der Waals surface area contributed by atoms with Crippen molar-refractivity contribution in [1.29, 1.82) is 0 Å². The van der Waals surface area contributed by atoms with Crippen molar-refractivity contribution in [3.05, 3.63) is 60.2 Å². The van der Waals surface area contributed by atoms with E-state index in [1.807, 2.05) is 0 Å². The number of likely N-dealkylation sites (tertiary alicyclic amines) is 1. The van der Waals surface area contributed by atoms with Gasteiger partial charge in [0.2, 0.25) is 17.7 Å². The highest BCUT2D eigenvalue weighted by Gasteiger charge is 2.38. The molecule has 1 atom stereocenters. The summed E-state index contributed by atoms with van der Waals surface area (Å²) in [5.41, 5.74) is 1.30. The summed E-state index contributed by atoms with van der Waals surface area (Å²) in [4.78, 5) is 53.1. The van der Waals surface area contributed by atoms with Crippen molar-refractivity contribution >= 4 is 34.5 Å². The topological polar surface area (TPSA) is 108 Å². The highest BCUT2D eigenvalue weighted by Crippen LogP contribution is 2.34. The minimum absolute atomic E-state index is 0.00268. The average Bonchev–Trinajstić information content (AvgIpc) is 3.82. The van der Waals surface area contributed by atoms with Crippen LogP contribution in [-0.2, 0) is 23.9 Å². The summed E-state index contributed by atoms with van der Waals surface area (Å²) in [6.45, 7) is 3.82. The zero-order chi connectivity index (χ0) is 27.8. The van der Waals surface area contributed by atoms with Gasteiger partial charge < -0.3 is 20.3 Å². The summed E-state index contributed by atoms with van der Waals surface area (Å²) >= 11 is 0. The van der Waals surface area contributed by atoms with Crippen molar-refractivity contribution in [2.24, 2.45) is 5.92 Å². The second-order valence-corrected chi connectivity index (χ2v) is 10.3. The first-order valence-electron chi connectivity index (χ1n) is 13.7. The Labute approximate surface area is 229 Å². The fraction of sp³-hybridized carbons (Fsp3) is 0.467. The van der Waals surface area contributed by atoms with Crippen LogP contribution in [0.2, 0.25) is 0 Å². The Bertz CT molecular complexity index is 1210. The number of nitrogens with one attached hydrogen (secondary N) is 2. The van der Waals surface area contributed by atoms with Crippen LogP contribution < -0.4 is 10.6 Å². The van der Waals surface area contributed by atoms with Gasteiger partial charge >= 0.3 is 5.97 Å². The maximum absolute atomic E-state index is 13.1. The van der Waals surface area contributed by atoms with Crippen molar-refractivity contribution in [2.75, 3.05) is 39.8 Å². The maximum atomic E-state index is 13.1. The summed E-state index contributed by atoms with van der Waals surface area (Å²) in [5, 5.41) is 7.71. The minimum Gasteiger partial charge on any atom is -0.466 e. The molecule has 2 aliphatic rings. The molecule has 9 nitrogen and oxygen atoms in total. The van der Waals surface area contributed by atoms with Crippen molar-refractivity contribution in [2.45, 2.75) is 44.7 Å². The molecule has 2 fully saturated rings. The van der Waals surface area contributed by atoms with Gasteiger partial charge in [-0.05, 0) is 48.9 Å². The first-order valence-corrected chi connectivity index (χ1v) is 13.7. The molecule has 1 saturated carbocycles. The lowest BCUT2D eigenvalue weighted by Crippen LogP contribution is -2.52. The monoisotopic (exact) mass is 534 g/mol. The van der Waals surface area contributed by atoms with Crippen molar-refractivity contribution in [1.82, 2.24) is 20.4 Å². The largest absolute Gasteiger partial charge is 0.466 e. The van der Waals surface area contributed by atoms with E-state index in [9.17, 15) is 19.2 Å². The number of piperidine rings is 1. The van der Waals surface area contributed by atoms with Crippen LogP contribution in [0, 0.1) is 5.92 Å². The van der Waals surface area contributed by atoms with Crippen molar-refractivity contribution in [3.63, 3.8) is 0 Å². The van der Waals surface area contributed by atoms with Gasteiger partial charge in [-0.25, -0.2) is 4.79 Å². The molecular weight excluding hydrogens is 496 g/mol. The Morgan fingerprint density at radius 2 is 1.72 bits per heavy atom. The third kappa shape index (κ3) is 7.66. The smallest absolute Gasteiger partial charge is 0.330 e. The van der Waals surface area contributed by atoms with E-state index < -0.39 is 5.97 Å². The van der Waals surface area contributed by atoms with Crippen molar-refractivity contribution < 1.29 is 23.9 Å². The average molecular weight is 535 g/mol. The molecule has 208 valence electrons. The van der Waals surface area contributed by atoms with E-state index in [-0.39, 0.29) is 55.4 Å². The van der Waals surface area contributed by atoms with Gasteiger partial charge in [0.25, 0.3) is 0 Å². The fourth-order valence-corrected chi connectivity index (χ4v) is 5.20. The first kappa shape index (κ1) is 28.3. The minimum atomic E-state index is -0.508. The number of hydrogen-bond acceptors (Lipinski definition) is 6. The molecule has 0 radical (unpaired) electrons. The Hall–Kier alpha value is -3.72. The number of hydrogen-bond donors (Lipinski definition) is 2. The Morgan fingerprint density at radius 1 is 1.00 bits per heavy atom. The molecule has 0 bridgehead atoms. The molecule has 3 amide bonds. The van der Waals surface area contributed by atoms with Crippen LogP contribution in [0.5, 0.6) is 0 Å². The fourth-order valence-electron chi connectivity index (χ4n) is 5.20. The van der Waals surface area contributed by atoms with Gasteiger partial charge in [0.05, 0.1) is 20.2 Å². The Balaban J connectivity index is 1.29. The van der Waals surface area contributed by atoms with Crippen LogP contribution in [0.4, 0.5) is 0 Å². The molecule has 1 saturated heterocycles. The van der Waals surface area contributed by atoms with Gasteiger partial charge in [0, 0.05) is 43.7 Å². The van der Waals surface area contributed by atoms with Crippen LogP contribution in [0.25, 0.3) is 10.8 Å². The molecule has 1 aliphatic carbocycles. The normalized spacial score (nSPS) is 17.1. The molecule has 1 heterocycles. The quantitative estimate of drug-likeness (QED) is 0.339. The van der Waals surface area contributed by atoms with Gasteiger partial charge in [-0.1, -0.05) is 48.5 Å². The number of fused-ring (bicyclic) bond motifs is 1. The summed E-state index contributed by atoms with van der Waals surface area (Å²) in [6, 6.07) is 15.1. The summed E-state index contributed by atoms with van der Waals surface area (Å²) < 4.78 is 4.49. The molecule has 1 aliphatic heterocycles. The van der Waals surface area contributed by atoms with Gasteiger partial charge in [-0.3, -0.25) is 19.3 Å². The second kappa shape index (κ2) is 13.4. The highest BCUT2D eigenvalue weighted by atomic mass is 16.5. The summed E-state index contributed by atoms with van der Waals surface area (Å²) in [6.07, 6.45) is 6.02. The molecule has 4 rings (SSSR count). The number of carbonyl (C=O) groups excluding carboxylic acids is 4. The molecule has 0 aromatic heterocycles. The van der Waals surface area contributed by atoms with Crippen LogP contribution in [0.1, 0.15) is 44.2 Å². The number of amides is 3. The number of carbonyl (C=O) groups is 4. The molecule has 1 unspecified atom stereocenters. The number of methoxy groups -OCH3 is 1. The zero-order valence-electron chi connectivity index (χ0n) is 22.7. The van der Waals surface area contributed by atoms with Gasteiger partial charge in [-0.2, -0.15) is 0 Å². The number of rotatable bonds is 11. The predicted octanol–water partition coefficient (Wildman–Crippen LogP) is 2.57. The zero-order valence-corrected chi connectivity index (χ0v) is 22.7. The van der Waals surface area contributed by atoms with Gasteiger partial charge in [0.1, 0.15) is 0 Å². The third-order valence-corrected chi connectivity index (χ3v) is 7.60. The number of benzene rings is 2. The van der Waals surface area contributed by atoms with E-state index in [2.05, 4.69) is 69.7 Å². The number of esters is 1. The standard InChI is InChI=1S/C30H38N4O5/c1-21(25-10-5-8-22-7-3-4-9-26(22)25)33-17-14-24(15-18-33)34(30(38)23-12-13-23)20-28(36)32-19-27(35)31-16-6-11-29(37)39-2/h3-11,21,23-24H,12-20H2,1-2H3,(H,31,35)(H,32,36)/b11-6+. The van der Waals surface area contributed by atoms with Crippen LogP contribution in [0.15, 0.2) is 54.6 Å². The molecule has 39 heavy (non-hydrogen) atoms. The molecular formula is C30H38N4O5. The first-order chi connectivity index (χ1) is 18.9. The van der Waals surface area contributed by atoms with Crippen LogP contribution in [0.3, 0.4) is 0 Å². The Morgan fingerprint density at radius 3 is 2.44 bits per heavy atom. The van der Waals surface area contributed by atoms with E-state index >= 15 is 0 Å². The molecule has 0 spiro atoms. The van der Waals surface area contributed by atoms with Crippen molar-refractivity contribution in [3.8, 4) is 0 Å². The van der Waals surface area contributed by atoms with E-state index in [4.69, 9.17) is 0 Å². The van der Waals surface area contributed by atoms with Crippen LogP contribution in [-0.4, -0.2) is 79.4 Å². The molecule has 2 aromatic carbocycles. The third-order valence-electron chi connectivity index (χ3n) is 7.60. The van der Waals surface area contributed by atoms with E-state index in [1.54, 1.807) is 4.90 Å². The number of nitrogens with zero attached hydrogens (tertiary/aromatic N) is 2. The second-order valence-electron chi connectivity index (χ2n) is 10.3. The summed E-state index contributed by atoms with van der Waals surface area (Å²) in [5.74, 6) is -1.19. The van der Waals surface area contributed by atoms with Crippen LogP contribution >= 0.6 is 0 Å². The lowest BCUT2D eigenvalue weighted by atomic mass is 9.95. The van der Waals surface area contributed by atoms with E-state index in [1.165, 1.54) is 35.6 Å². The Kier molecular flexibility index (Phi) is 9.70. The maximum Gasteiger partial charge on any atom is 0.330 e. The summed E-state index contributed by atoms with van der Waals surface area (Å²) in [7, 11) is 1.27. The van der Waals surface area contributed by atoms with Gasteiger partial charge in [0.15, 0.2) is 0 Å². The highest BCUT2D eigenvalue weighted by molar-refractivity contribution is 5.90. The number of ether oxygens (including phenoxy) is 1. The molecule has 9 heteroatoms. The SMILES string of the molecule is COC(=O)/C=C/CNC(=O)CNC(=O)CN(C(=O)C1CC1)C1CCN(C(C)c2cccc3ccccc23)CC1. The molecule has 2 aromatic rings. The van der Waals surface area contributed by atoms with Gasteiger partial charge in [-0.15, -0.1) is 0 Å². The molecule has 2 N–H and O–H groups in total.